The molecule has 0 spiro atoms. The fraction of sp³-hybridized carbons (Fsp3) is 0.286. The van der Waals surface area contributed by atoms with E-state index in [2.05, 4.69) is 0 Å². The summed E-state index contributed by atoms with van der Waals surface area (Å²) in [6.07, 6.45) is 2.08. The number of rotatable bonds is 5. The Morgan fingerprint density at radius 3 is 2.58 bits per heavy atom. The van der Waals surface area contributed by atoms with Crippen molar-refractivity contribution < 1.29 is 19.0 Å². The van der Waals surface area contributed by atoms with Gasteiger partial charge in [-0.3, -0.25) is 0 Å². The molecule has 100 valence electrons. The highest BCUT2D eigenvalue weighted by molar-refractivity contribution is 5.87. The predicted molar refractivity (Wildman–Crippen MR) is 69.7 cm³/mol. The van der Waals surface area contributed by atoms with Gasteiger partial charge in [0, 0.05) is 6.08 Å². The van der Waals surface area contributed by atoms with Gasteiger partial charge in [0.1, 0.15) is 6.07 Å². The highest BCUT2D eigenvalue weighted by Crippen LogP contribution is 2.27. The molecule has 1 aromatic rings. The van der Waals surface area contributed by atoms with Crippen molar-refractivity contribution in [2.24, 2.45) is 0 Å². The largest absolute Gasteiger partial charge is 0.493 e. The van der Waals surface area contributed by atoms with E-state index in [0.717, 1.165) is 5.56 Å². The van der Waals surface area contributed by atoms with E-state index < -0.39 is 12.1 Å². The van der Waals surface area contributed by atoms with E-state index in [4.69, 9.17) is 19.5 Å². The summed E-state index contributed by atoms with van der Waals surface area (Å²) in [5, 5.41) is 8.51. The van der Waals surface area contributed by atoms with Crippen LogP contribution < -0.4 is 9.47 Å². The molecule has 0 radical (unpaired) electrons. The van der Waals surface area contributed by atoms with Crippen molar-refractivity contribution >= 4 is 12.0 Å². The fourth-order valence-electron chi connectivity index (χ4n) is 1.36. The van der Waals surface area contributed by atoms with E-state index in [-0.39, 0.29) is 0 Å². The SMILES string of the molecule is COc1ccc(/C=C/C(=O)O[C@@H](C)C#N)cc1OC. The van der Waals surface area contributed by atoms with Crippen LogP contribution in [0.25, 0.3) is 6.08 Å². The average Bonchev–Trinajstić information content (AvgIpc) is 2.44. The lowest BCUT2D eigenvalue weighted by atomic mass is 10.2. The zero-order valence-corrected chi connectivity index (χ0v) is 11.0. The second-order valence-corrected chi connectivity index (χ2v) is 3.66. The van der Waals surface area contributed by atoms with Crippen LogP contribution in [0.1, 0.15) is 12.5 Å². The number of hydrogen-bond donors (Lipinski definition) is 0. The summed E-state index contributed by atoms with van der Waals surface area (Å²) in [5.74, 6) is 0.618. The van der Waals surface area contributed by atoms with Gasteiger partial charge in [-0.15, -0.1) is 0 Å². The molecule has 1 aromatic carbocycles. The summed E-state index contributed by atoms with van der Waals surface area (Å²) in [6.45, 7) is 1.50. The quantitative estimate of drug-likeness (QED) is 0.600. The fourth-order valence-corrected chi connectivity index (χ4v) is 1.36. The first-order valence-electron chi connectivity index (χ1n) is 5.61. The Hall–Kier alpha value is -2.48. The maximum Gasteiger partial charge on any atom is 0.332 e. The molecule has 1 atom stereocenters. The van der Waals surface area contributed by atoms with Gasteiger partial charge < -0.3 is 14.2 Å². The van der Waals surface area contributed by atoms with Gasteiger partial charge in [0.15, 0.2) is 17.6 Å². The van der Waals surface area contributed by atoms with Crippen molar-refractivity contribution in [3.63, 3.8) is 0 Å². The maximum atomic E-state index is 11.3. The minimum absolute atomic E-state index is 0.566. The first kappa shape index (κ1) is 14.6. The summed E-state index contributed by atoms with van der Waals surface area (Å²) >= 11 is 0. The zero-order chi connectivity index (χ0) is 14.3. The van der Waals surface area contributed by atoms with Crippen molar-refractivity contribution in [2.45, 2.75) is 13.0 Å². The molecule has 0 aliphatic rings. The molecule has 0 saturated heterocycles. The summed E-state index contributed by atoms with van der Waals surface area (Å²) < 4.78 is 15.0. The lowest BCUT2D eigenvalue weighted by molar-refractivity contribution is -0.139. The molecule has 5 nitrogen and oxygen atoms in total. The molecular formula is C14H15NO4. The van der Waals surface area contributed by atoms with Gasteiger partial charge in [-0.05, 0) is 30.7 Å². The predicted octanol–water partition coefficient (Wildman–Crippen LogP) is 2.17. The molecule has 0 amide bonds. The van der Waals surface area contributed by atoms with Gasteiger partial charge >= 0.3 is 5.97 Å². The number of hydrogen-bond acceptors (Lipinski definition) is 5. The van der Waals surface area contributed by atoms with Crippen LogP contribution in [0.15, 0.2) is 24.3 Å². The number of nitriles is 1. The smallest absolute Gasteiger partial charge is 0.332 e. The van der Waals surface area contributed by atoms with Crippen LogP contribution in [0.5, 0.6) is 11.5 Å². The third-order valence-corrected chi connectivity index (χ3v) is 2.29. The molecule has 0 aliphatic heterocycles. The van der Waals surface area contributed by atoms with Crippen molar-refractivity contribution in [1.29, 1.82) is 5.26 Å². The molecule has 5 heteroatoms. The Balaban J connectivity index is 2.77. The molecule has 0 saturated carbocycles. The number of carbonyl (C=O) groups excluding carboxylic acids is 1. The second kappa shape index (κ2) is 7.07. The number of esters is 1. The molecule has 0 heterocycles. The summed E-state index contributed by atoms with van der Waals surface area (Å²) in [4.78, 5) is 11.3. The Morgan fingerprint density at radius 2 is 2.00 bits per heavy atom. The Kier molecular flexibility index (Phi) is 5.42. The number of ether oxygens (including phenoxy) is 3. The van der Waals surface area contributed by atoms with Crippen LogP contribution >= 0.6 is 0 Å². The Labute approximate surface area is 112 Å². The van der Waals surface area contributed by atoms with Crippen LogP contribution in [0.4, 0.5) is 0 Å². The molecule has 0 N–H and O–H groups in total. The molecule has 0 bridgehead atoms. The van der Waals surface area contributed by atoms with Gasteiger partial charge in [-0.1, -0.05) is 6.07 Å². The second-order valence-electron chi connectivity index (χ2n) is 3.66. The number of benzene rings is 1. The number of carbonyl (C=O) groups is 1. The monoisotopic (exact) mass is 261 g/mol. The van der Waals surface area contributed by atoms with Crippen LogP contribution in [0.2, 0.25) is 0 Å². The van der Waals surface area contributed by atoms with Crippen LogP contribution in [-0.2, 0) is 9.53 Å². The number of nitrogens with zero attached hydrogens (tertiary/aromatic N) is 1. The topological polar surface area (TPSA) is 68.5 Å². The molecule has 1 rings (SSSR count). The molecular weight excluding hydrogens is 246 g/mol. The highest BCUT2D eigenvalue weighted by Gasteiger charge is 2.05. The minimum atomic E-state index is -0.762. The normalized spacial score (nSPS) is 11.7. The molecule has 19 heavy (non-hydrogen) atoms. The van der Waals surface area contributed by atoms with E-state index in [1.54, 1.807) is 31.4 Å². The molecule has 0 fully saturated rings. The van der Waals surface area contributed by atoms with Crippen LogP contribution in [-0.4, -0.2) is 26.3 Å². The van der Waals surface area contributed by atoms with Gasteiger partial charge in [0.25, 0.3) is 0 Å². The third-order valence-electron chi connectivity index (χ3n) is 2.29. The van der Waals surface area contributed by atoms with Crippen LogP contribution in [0, 0.1) is 11.3 Å². The van der Waals surface area contributed by atoms with Gasteiger partial charge in [0.05, 0.1) is 14.2 Å². The first-order chi connectivity index (χ1) is 9.10. The lowest BCUT2D eigenvalue weighted by Gasteiger charge is -2.07. The van der Waals surface area contributed by atoms with Crippen molar-refractivity contribution in [1.82, 2.24) is 0 Å². The van der Waals surface area contributed by atoms with Gasteiger partial charge in [0.2, 0.25) is 0 Å². The minimum Gasteiger partial charge on any atom is -0.493 e. The van der Waals surface area contributed by atoms with E-state index in [1.807, 2.05) is 6.07 Å². The van der Waals surface area contributed by atoms with Gasteiger partial charge in [-0.25, -0.2) is 4.79 Å². The summed E-state index contributed by atoms with van der Waals surface area (Å²) in [7, 11) is 3.09. The highest BCUT2D eigenvalue weighted by atomic mass is 16.5. The van der Waals surface area contributed by atoms with Gasteiger partial charge in [-0.2, -0.15) is 5.26 Å². The number of methoxy groups -OCH3 is 2. The standard InChI is InChI=1S/C14H15NO4/c1-10(9-15)19-14(16)7-5-11-4-6-12(17-2)13(8-11)18-3/h4-8,10H,1-3H3/b7-5+/t10-/m0/s1. The van der Waals surface area contributed by atoms with E-state index in [1.165, 1.54) is 20.1 Å². The molecule has 0 aliphatic carbocycles. The third kappa shape index (κ3) is 4.36. The van der Waals surface area contributed by atoms with E-state index >= 15 is 0 Å². The van der Waals surface area contributed by atoms with Crippen molar-refractivity contribution in [2.75, 3.05) is 14.2 Å². The molecule has 0 unspecified atom stereocenters. The average molecular weight is 261 g/mol. The van der Waals surface area contributed by atoms with Crippen LogP contribution in [0.3, 0.4) is 0 Å². The zero-order valence-electron chi connectivity index (χ0n) is 11.0. The van der Waals surface area contributed by atoms with Crippen molar-refractivity contribution in [3.05, 3.63) is 29.8 Å². The van der Waals surface area contributed by atoms with E-state index in [0.29, 0.717) is 11.5 Å². The summed E-state index contributed by atoms with van der Waals surface area (Å²) in [5.41, 5.74) is 0.763. The maximum absolute atomic E-state index is 11.3. The van der Waals surface area contributed by atoms with E-state index in [9.17, 15) is 4.79 Å². The van der Waals surface area contributed by atoms with Crippen molar-refractivity contribution in [3.8, 4) is 17.6 Å². The first-order valence-corrected chi connectivity index (χ1v) is 5.61. The lowest BCUT2D eigenvalue weighted by Crippen LogP contribution is -2.10. The Morgan fingerprint density at radius 1 is 1.32 bits per heavy atom. The summed E-state index contributed by atoms with van der Waals surface area (Å²) in [6, 6.07) is 7.06. The Bertz CT molecular complexity index is 517. The molecule has 0 aromatic heterocycles.